The molecule has 0 bridgehead atoms. The molecule has 1 heterocycles. The van der Waals surface area contributed by atoms with Gasteiger partial charge in [0.1, 0.15) is 0 Å². The van der Waals surface area contributed by atoms with E-state index >= 15 is 0 Å². The third-order valence-corrected chi connectivity index (χ3v) is 5.92. The van der Waals surface area contributed by atoms with E-state index in [9.17, 15) is 13.2 Å². The Balaban J connectivity index is 2.03. The van der Waals surface area contributed by atoms with Crippen molar-refractivity contribution in [2.24, 2.45) is 0 Å². The molecule has 0 unspecified atom stereocenters. The van der Waals surface area contributed by atoms with Gasteiger partial charge in [-0.05, 0) is 31.9 Å². The van der Waals surface area contributed by atoms with Gasteiger partial charge in [-0.1, -0.05) is 18.2 Å². The molecule has 128 valence electrons. The standard InChI is InChI=1S/C16H25N3O3S/c1-13(16(20)18(2)3)23(21,22)17-14-8-7-11-19(12-14)15-9-5-4-6-10-15/h4-6,9-10,13-14,17H,7-8,11-12H2,1-3H3/t13-,14-/m1/s1. The number of carbonyl (C=O) groups excluding carboxylic acids is 1. The average molecular weight is 339 g/mol. The van der Waals surface area contributed by atoms with Gasteiger partial charge in [-0.25, -0.2) is 13.1 Å². The van der Waals surface area contributed by atoms with Gasteiger partial charge in [0.25, 0.3) is 0 Å². The lowest BCUT2D eigenvalue weighted by Gasteiger charge is -2.35. The minimum atomic E-state index is -3.68. The predicted octanol–water partition coefficient (Wildman–Crippen LogP) is 1.05. The molecular formula is C16H25N3O3S. The summed E-state index contributed by atoms with van der Waals surface area (Å²) in [6.07, 6.45) is 1.70. The molecule has 1 aliphatic heterocycles. The molecule has 1 aromatic rings. The van der Waals surface area contributed by atoms with Crippen molar-refractivity contribution in [2.45, 2.75) is 31.1 Å². The third-order valence-electron chi connectivity index (χ3n) is 4.13. The number of para-hydroxylation sites is 1. The Morgan fingerprint density at radius 2 is 1.96 bits per heavy atom. The number of nitrogens with zero attached hydrogens (tertiary/aromatic N) is 2. The third kappa shape index (κ3) is 4.45. The first kappa shape index (κ1) is 17.7. The number of sulfonamides is 1. The van der Waals surface area contributed by atoms with Crippen molar-refractivity contribution < 1.29 is 13.2 Å². The van der Waals surface area contributed by atoms with E-state index in [0.29, 0.717) is 6.54 Å². The summed E-state index contributed by atoms with van der Waals surface area (Å²) >= 11 is 0. The van der Waals surface area contributed by atoms with Gasteiger partial charge in [0, 0.05) is 38.9 Å². The summed E-state index contributed by atoms with van der Waals surface area (Å²) in [5.74, 6) is -0.409. The van der Waals surface area contributed by atoms with Gasteiger partial charge in [-0.15, -0.1) is 0 Å². The van der Waals surface area contributed by atoms with Gasteiger partial charge in [0.15, 0.2) is 5.25 Å². The molecule has 6 nitrogen and oxygen atoms in total. The van der Waals surface area contributed by atoms with Crippen molar-refractivity contribution in [2.75, 3.05) is 32.1 Å². The first-order valence-electron chi connectivity index (χ1n) is 7.83. The highest BCUT2D eigenvalue weighted by Crippen LogP contribution is 2.20. The number of carbonyl (C=O) groups is 1. The van der Waals surface area contributed by atoms with Crippen LogP contribution in [0.15, 0.2) is 30.3 Å². The summed E-state index contributed by atoms with van der Waals surface area (Å²) in [5, 5.41) is -1.08. The van der Waals surface area contributed by atoms with E-state index in [2.05, 4.69) is 9.62 Å². The van der Waals surface area contributed by atoms with Crippen molar-refractivity contribution in [3.63, 3.8) is 0 Å². The Morgan fingerprint density at radius 1 is 1.30 bits per heavy atom. The van der Waals surface area contributed by atoms with Crippen LogP contribution >= 0.6 is 0 Å². The van der Waals surface area contributed by atoms with Crippen LogP contribution in [0, 0.1) is 0 Å². The number of rotatable bonds is 5. The van der Waals surface area contributed by atoms with E-state index in [-0.39, 0.29) is 6.04 Å². The molecule has 2 atom stereocenters. The minimum Gasteiger partial charge on any atom is -0.370 e. The summed E-state index contributed by atoms with van der Waals surface area (Å²) in [4.78, 5) is 15.4. The Hall–Kier alpha value is -1.60. The highest BCUT2D eigenvalue weighted by molar-refractivity contribution is 7.90. The van der Waals surface area contributed by atoms with Crippen LogP contribution in [0.5, 0.6) is 0 Å². The van der Waals surface area contributed by atoms with Crippen molar-refractivity contribution >= 4 is 21.6 Å². The Kier molecular flexibility index (Phi) is 5.64. The molecule has 1 aromatic carbocycles. The Morgan fingerprint density at radius 3 is 2.57 bits per heavy atom. The lowest BCUT2D eigenvalue weighted by atomic mass is 10.1. The van der Waals surface area contributed by atoms with Gasteiger partial charge in [-0.3, -0.25) is 4.79 Å². The topological polar surface area (TPSA) is 69.7 Å². The maximum Gasteiger partial charge on any atom is 0.241 e. The van der Waals surface area contributed by atoms with Crippen LogP contribution in [0.2, 0.25) is 0 Å². The summed E-state index contributed by atoms with van der Waals surface area (Å²) in [6.45, 7) is 2.96. The Labute approximate surface area is 138 Å². The summed E-state index contributed by atoms with van der Waals surface area (Å²) < 4.78 is 27.5. The van der Waals surface area contributed by atoms with E-state index in [1.54, 1.807) is 14.1 Å². The minimum absolute atomic E-state index is 0.175. The molecule has 0 radical (unpaired) electrons. The zero-order valence-corrected chi connectivity index (χ0v) is 14.7. The molecule has 0 saturated carbocycles. The second-order valence-corrected chi connectivity index (χ2v) is 8.19. The normalized spacial score (nSPS) is 20.1. The van der Waals surface area contributed by atoms with Crippen molar-refractivity contribution in [3.05, 3.63) is 30.3 Å². The molecule has 23 heavy (non-hydrogen) atoms. The molecule has 0 spiro atoms. The quantitative estimate of drug-likeness (QED) is 0.871. The van der Waals surface area contributed by atoms with Crippen LogP contribution in [0.1, 0.15) is 19.8 Å². The van der Waals surface area contributed by atoms with Crippen molar-refractivity contribution in [1.29, 1.82) is 0 Å². The van der Waals surface area contributed by atoms with Gasteiger partial charge >= 0.3 is 0 Å². The van der Waals surface area contributed by atoms with Gasteiger partial charge in [-0.2, -0.15) is 0 Å². The largest absolute Gasteiger partial charge is 0.370 e. The maximum absolute atomic E-state index is 12.4. The second-order valence-electron chi connectivity index (χ2n) is 6.16. The number of anilines is 1. The lowest BCUT2D eigenvalue weighted by molar-refractivity contribution is -0.127. The number of benzene rings is 1. The SMILES string of the molecule is C[C@H](C(=O)N(C)C)S(=O)(=O)N[C@@H]1CCCN(c2ccccc2)C1. The van der Waals surface area contributed by atoms with E-state index in [0.717, 1.165) is 25.1 Å². The van der Waals surface area contributed by atoms with Crippen molar-refractivity contribution in [3.8, 4) is 0 Å². The summed E-state index contributed by atoms with van der Waals surface area (Å²) in [5.41, 5.74) is 1.09. The highest BCUT2D eigenvalue weighted by atomic mass is 32.2. The average Bonchev–Trinajstić information content (AvgIpc) is 2.54. The molecule has 2 rings (SSSR count). The van der Waals surface area contributed by atoms with Crippen LogP contribution in [0.25, 0.3) is 0 Å². The highest BCUT2D eigenvalue weighted by Gasteiger charge is 2.32. The smallest absolute Gasteiger partial charge is 0.241 e. The molecular weight excluding hydrogens is 314 g/mol. The zero-order valence-electron chi connectivity index (χ0n) is 13.9. The number of piperidine rings is 1. The molecule has 1 aliphatic rings. The lowest BCUT2D eigenvalue weighted by Crippen LogP contribution is -2.52. The molecule has 1 fully saturated rings. The van der Waals surface area contributed by atoms with E-state index in [4.69, 9.17) is 0 Å². The fourth-order valence-electron chi connectivity index (χ4n) is 2.78. The number of nitrogens with one attached hydrogen (secondary N) is 1. The van der Waals surface area contributed by atoms with Crippen LogP contribution in [-0.4, -0.2) is 57.7 Å². The van der Waals surface area contributed by atoms with Gasteiger partial charge < -0.3 is 9.80 Å². The van der Waals surface area contributed by atoms with E-state index < -0.39 is 21.2 Å². The molecule has 1 amide bonds. The van der Waals surface area contributed by atoms with Crippen LogP contribution in [-0.2, 0) is 14.8 Å². The van der Waals surface area contributed by atoms with Gasteiger partial charge in [0.05, 0.1) is 0 Å². The summed E-state index contributed by atoms with van der Waals surface area (Å²) in [6, 6.07) is 9.78. The molecule has 7 heteroatoms. The molecule has 0 aliphatic carbocycles. The second kappa shape index (κ2) is 7.31. The number of amides is 1. The first-order chi connectivity index (χ1) is 10.8. The maximum atomic E-state index is 12.4. The number of hydrogen-bond acceptors (Lipinski definition) is 4. The van der Waals surface area contributed by atoms with Crippen molar-refractivity contribution in [1.82, 2.24) is 9.62 Å². The van der Waals surface area contributed by atoms with Crippen LogP contribution in [0.4, 0.5) is 5.69 Å². The van der Waals surface area contributed by atoms with Crippen LogP contribution < -0.4 is 9.62 Å². The van der Waals surface area contributed by atoms with Crippen LogP contribution in [0.3, 0.4) is 0 Å². The zero-order chi connectivity index (χ0) is 17.0. The fourth-order valence-corrected chi connectivity index (χ4v) is 4.11. The fraction of sp³-hybridized carbons (Fsp3) is 0.562. The molecule has 1 saturated heterocycles. The monoisotopic (exact) mass is 339 g/mol. The number of hydrogen-bond donors (Lipinski definition) is 1. The van der Waals surface area contributed by atoms with E-state index in [1.807, 2.05) is 30.3 Å². The molecule has 0 aromatic heterocycles. The predicted molar refractivity (Wildman–Crippen MR) is 91.9 cm³/mol. The van der Waals surface area contributed by atoms with Gasteiger partial charge in [0.2, 0.25) is 15.9 Å². The summed E-state index contributed by atoms with van der Waals surface area (Å²) in [7, 11) is -0.554. The van der Waals surface area contributed by atoms with E-state index in [1.165, 1.54) is 11.8 Å². The first-order valence-corrected chi connectivity index (χ1v) is 9.38. The molecule has 1 N–H and O–H groups in total. The Bertz CT molecular complexity index is 631.